The van der Waals surface area contributed by atoms with Crippen LogP contribution in [0.15, 0.2) is 18.2 Å². The van der Waals surface area contributed by atoms with Crippen LogP contribution < -0.4 is 5.32 Å². The summed E-state index contributed by atoms with van der Waals surface area (Å²) in [5.41, 5.74) is 4.18. The van der Waals surface area contributed by atoms with E-state index in [-0.39, 0.29) is 0 Å². The molecule has 19 heavy (non-hydrogen) atoms. The number of nitrogens with one attached hydrogen (secondary N) is 1. The topological polar surface area (TPSA) is 21.3 Å². The lowest BCUT2D eigenvalue weighted by atomic mass is 10.0. The monoisotopic (exact) mass is 279 g/mol. The van der Waals surface area contributed by atoms with E-state index in [0.29, 0.717) is 11.3 Å². The molecular formula is C16H25NOS. The lowest BCUT2D eigenvalue weighted by Gasteiger charge is -2.28. The van der Waals surface area contributed by atoms with Gasteiger partial charge in [-0.25, -0.2) is 0 Å². The van der Waals surface area contributed by atoms with Crippen molar-refractivity contribution in [2.45, 2.75) is 38.5 Å². The fourth-order valence-corrected chi connectivity index (χ4v) is 3.28. The molecule has 0 radical (unpaired) electrons. The van der Waals surface area contributed by atoms with Crippen molar-refractivity contribution in [1.29, 1.82) is 0 Å². The Morgan fingerprint density at radius 1 is 1.32 bits per heavy atom. The van der Waals surface area contributed by atoms with Crippen LogP contribution in [0.1, 0.15) is 36.1 Å². The highest BCUT2D eigenvalue weighted by Gasteiger charge is 2.21. The number of ether oxygens (including phenoxy) is 1. The van der Waals surface area contributed by atoms with Gasteiger partial charge in [-0.15, -0.1) is 0 Å². The number of rotatable bonds is 7. The van der Waals surface area contributed by atoms with E-state index >= 15 is 0 Å². The Bertz CT molecular complexity index is 404. The van der Waals surface area contributed by atoms with E-state index in [4.69, 9.17) is 4.74 Å². The van der Waals surface area contributed by atoms with E-state index in [9.17, 15) is 0 Å². The Balaban J connectivity index is 1.99. The first kappa shape index (κ1) is 14.9. The van der Waals surface area contributed by atoms with Gasteiger partial charge in [-0.2, -0.15) is 11.8 Å². The van der Waals surface area contributed by atoms with Gasteiger partial charge in [0.2, 0.25) is 0 Å². The summed E-state index contributed by atoms with van der Waals surface area (Å²) in [6.07, 6.45) is 1.18. The van der Waals surface area contributed by atoms with Crippen molar-refractivity contribution < 1.29 is 4.74 Å². The first-order chi connectivity index (χ1) is 9.20. The molecule has 0 aromatic heterocycles. The van der Waals surface area contributed by atoms with Gasteiger partial charge in [0.1, 0.15) is 0 Å². The first-order valence-electron chi connectivity index (χ1n) is 7.20. The number of hydrogen-bond acceptors (Lipinski definition) is 3. The second-order valence-electron chi connectivity index (χ2n) is 5.34. The van der Waals surface area contributed by atoms with Crippen LogP contribution in [0.2, 0.25) is 0 Å². The van der Waals surface area contributed by atoms with E-state index in [0.717, 1.165) is 25.5 Å². The molecule has 2 nitrogen and oxygen atoms in total. The van der Waals surface area contributed by atoms with Crippen molar-refractivity contribution in [2.24, 2.45) is 0 Å². The van der Waals surface area contributed by atoms with Gasteiger partial charge in [-0.3, -0.25) is 0 Å². The van der Waals surface area contributed by atoms with E-state index in [1.807, 2.05) is 11.8 Å². The Morgan fingerprint density at radius 2 is 2.11 bits per heavy atom. The van der Waals surface area contributed by atoms with E-state index in [1.165, 1.54) is 23.1 Å². The molecule has 106 valence electrons. The normalized spacial score (nSPS) is 17.2. The highest BCUT2D eigenvalue weighted by Crippen LogP contribution is 2.26. The maximum Gasteiger partial charge on any atom is 0.0607 e. The highest BCUT2D eigenvalue weighted by molar-refractivity contribution is 8.00. The highest BCUT2D eigenvalue weighted by atomic mass is 32.2. The van der Waals surface area contributed by atoms with Gasteiger partial charge in [-0.1, -0.05) is 25.1 Å². The summed E-state index contributed by atoms with van der Waals surface area (Å²) in [6.45, 7) is 9.53. The number of aryl methyl sites for hydroxylation is 2. The molecule has 1 aromatic rings. The predicted octanol–water partition coefficient (Wildman–Crippen LogP) is 3.48. The Hall–Kier alpha value is -0.510. The maximum atomic E-state index is 5.25. The fraction of sp³-hybridized carbons (Fsp3) is 0.625. The summed E-state index contributed by atoms with van der Waals surface area (Å²) in [7, 11) is 0. The summed E-state index contributed by atoms with van der Waals surface area (Å²) in [4.78, 5) is 0. The zero-order valence-electron chi connectivity index (χ0n) is 12.2. The van der Waals surface area contributed by atoms with Crippen LogP contribution in [0, 0.1) is 13.8 Å². The number of hydrogen-bond donors (Lipinski definition) is 1. The van der Waals surface area contributed by atoms with Crippen molar-refractivity contribution >= 4 is 11.8 Å². The summed E-state index contributed by atoms with van der Waals surface area (Å²) < 4.78 is 5.25. The summed E-state index contributed by atoms with van der Waals surface area (Å²) in [5, 5.41) is 4.38. The molecule has 0 spiro atoms. The van der Waals surface area contributed by atoms with Crippen LogP contribution in [0.25, 0.3) is 0 Å². The fourth-order valence-electron chi connectivity index (χ4n) is 2.12. The molecule has 1 N–H and O–H groups in total. The first-order valence-corrected chi connectivity index (χ1v) is 8.25. The van der Waals surface area contributed by atoms with Crippen molar-refractivity contribution in [3.63, 3.8) is 0 Å². The van der Waals surface area contributed by atoms with Crippen LogP contribution >= 0.6 is 11.8 Å². The van der Waals surface area contributed by atoms with Gasteiger partial charge in [0.15, 0.2) is 0 Å². The van der Waals surface area contributed by atoms with Gasteiger partial charge in [0.25, 0.3) is 0 Å². The molecule has 1 atom stereocenters. The molecule has 1 aliphatic rings. The molecule has 0 aliphatic carbocycles. The second kappa shape index (κ2) is 7.32. The molecule has 2 rings (SSSR count). The van der Waals surface area contributed by atoms with Crippen molar-refractivity contribution in [2.75, 3.05) is 25.5 Å². The molecule has 3 heteroatoms. The minimum atomic E-state index is 0.463. The number of benzene rings is 1. The Kier molecular flexibility index (Phi) is 5.74. The Labute approximate surface area is 121 Å². The molecule has 0 saturated carbocycles. The molecule has 0 bridgehead atoms. The van der Waals surface area contributed by atoms with Crippen LogP contribution in [-0.4, -0.2) is 30.8 Å². The zero-order chi connectivity index (χ0) is 13.7. The summed E-state index contributed by atoms with van der Waals surface area (Å²) in [5.74, 6) is 1.14. The molecule has 1 heterocycles. The maximum absolute atomic E-state index is 5.25. The minimum Gasteiger partial charge on any atom is -0.379 e. The lowest BCUT2D eigenvalue weighted by Crippen LogP contribution is -2.32. The third kappa shape index (κ3) is 4.23. The van der Waals surface area contributed by atoms with Crippen molar-refractivity contribution in [3.8, 4) is 0 Å². The quantitative estimate of drug-likeness (QED) is 0.825. The summed E-state index contributed by atoms with van der Waals surface area (Å²) in [6, 6.07) is 7.31. The van der Waals surface area contributed by atoms with Gasteiger partial charge < -0.3 is 10.1 Å². The average molecular weight is 279 g/mol. The average Bonchev–Trinajstić information content (AvgIpc) is 2.35. The van der Waals surface area contributed by atoms with Crippen molar-refractivity contribution in [3.05, 3.63) is 34.9 Å². The van der Waals surface area contributed by atoms with Crippen LogP contribution in [0.3, 0.4) is 0 Å². The molecule has 1 aromatic carbocycles. The standard InChI is InChI=1S/C16H25NOS/c1-4-7-17-16(11-19-15-9-18-10-15)14-6-5-12(2)13(3)8-14/h5-6,8,15-17H,4,7,9-11H2,1-3H3. The molecule has 1 saturated heterocycles. The van der Waals surface area contributed by atoms with Crippen LogP contribution in [0.5, 0.6) is 0 Å². The van der Waals surface area contributed by atoms with Crippen LogP contribution in [-0.2, 0) is 4.74 Å². The lowest BCUT2D eigenvalue weighted by molar-refractivity contribution is 0.0455. The van der Waals surface area contributed by atoms with Gasteiger partial charge >= 0.3 is 0 Å². The van der Waals surface area contributed by atoms with E-state index < -0.39 is 0 Å². The zero-order valence-corrected chi connectivity index (χ0v) is 13.1. The third-order valence-corrected chi connectivity index (χ3v) is 4.95. The smallest absolute Gasteiger partial charge is 0.0607 e. The molecule has 0 amide bonds. The molecule has 1 aliphatic heterocycles. The van der Waals surface area contributed by atoms with E-state index in [2.05, 4.69) is 44.3 Å². The van der Waals surface area contributed by atoms with Gasteiger partial charge in [0, 0.05) is 11.8 Å². The Morgan fingerprint density at radius 3 is 2.68 bits per heavy atom. The molecular weight excluding hydrogens is 254 g/mol. The third-order valence-electron chi connectivity index (χ3n) is 3.68. The second-order valence-corrected chi connectivity index (χ2v) is 6.68. The van der Waals surface area contributed by atoms with Gasteiger partial charge in [-0.05, 0) is 43.5 Å². The van der Waals surface area contributed by atoms with Gasteiger partial charge in [0.05, 0.1) is 18.5 Å². The van der Waals surface area contributed by atoms with Crippen molar-refractivity contribution in [1.82, 2.24) is 5.32 Å². The van der Waals surface area contributed by atoms with E-state index in [1.54, 1.807) is 0 Å². The minimum absolute atomic E-state index is 0.463. The SMILES string of the molecule is CCCNC(CSC1COC1)c1ccc(C)c(C)c1. The largest absolute Gasteiger partial charge is 0.379 e. The summed E-state index contributed by atoms with van der Waals surface area (Å²) >= 11 is 2.04. The van der Waals surface area contributed by atoms with Crippen LogP contribution in [0.4, 0.5) is 0 Å². The predicted molar refractivity (Wildman–Crippen MR) is 84.0 cm³/mol. The molecule has 1 unspecified atom stereocenters. The number of thioether (sulfide) groups is 1. The molecule has 1 fully saturated rings.